The maximum absolute atomic E-state index is 11.1. The minimum absolute atomic E-state index is 0.350. The molecule has 5 heteroatoms. The minimum Gasteiger partial charge on any atom is -0.387 e. The first-order valence-electron chi connectivity index (χ1n) is 10.1. The van der Waals surface area contributed by atoms with Crippen molar-refractivity contribution < 1.29 is 19.3 Å². The Morgan fingerprint density at radius 3 is 1.90 bits per heavy atom. The monoisotopic (exact) mass is 422 g/mol. The highest BCUT2D eigenvalue weighted by Gasteiger charge is 2.41. The van der Waals surface area contributed by atoms with E-state index in [1.807, 2.05) is 91.0 Å². The third-order valence-electron chi connectivity index (χ3n) is 4.99. The average molecular weight is 423 g/mol. The van der Waals surface area contributed by atoms with E-state index >= 15 is 0 Å². The van der Waals surface area contributed by atoms with Crippen LogP contribution in [0.4, 0.5) is 0 Å². The second-order valence-corrected chi connectivity index (χ2v) is 8.39. The number of hydrogen-bond donors (Lipinski definition) is 1. The van der Waals surface area contributed by atoms with Gasteiger partial charge in [0.25, 0.3) is 0 Å². The molecule has 156 valence electrons. The molecule has 0 amide bonds. The first-order valence-corrected chi connectivity index (χ1v) is 11.0. The molecule has 4 rings (SSSR count). The van der Waals surface area contributed by atoms with Gasteiger partial charge >= 0.3 is 0 Å². The van der Waals surface area contributed by atoms with Crippen molar-refractivity contribution in [1.29, 1.82) is 0 Å². The highest BCUT2D eigenvalue weighted by Crippen LogP contribution is 2.33. The third kappa shape index (κ3) is 5.72. The molecule has 1 saturated heterocycles. The molecule has 0 bridgehead atoms. The van der Waals surface area contributed by atoms with Crippen LogP contribution in [0.3, 0.4) is 0 Å². The third-order valence-corrected chi connectivity index (χ3v) is 6.19. The highest BCUT2D eigenvalue weighted by atomic mass is 32.2. The van der Waals surface area contributed by atoms with E-state index in [4.69, 9.17) is 14.2 Å². The van der Waals surface area contributed by atoms with Crippen molar-refractivity contribution in [1.82, 2.24) is 0 Å². The number of hydrogen-bond acceptors (Lipinski definition) is 5. The first kappa shape index (κ1) is 21.1. The maximum Gasteiger partial charge on any atom is 0.136 e. The number of rotatable bonds is 8. The Morgan fingerprint density at radius 1 is 0.767 bits per heavy atom. The predicted octanol–water partition coefficient (Wildman–Crippen LogP) is 4.67. The van der Waals surface area contributed by atoms with Gasteiger partial charge in [0.2, 0.25) is 0 Å². The highest BCUT2D eigenvalue weighted by molar-refractivity contribution is 7.99. The summed E-state index contributed by atoms with van der Waals surface area (Å²) < 4.78 is 18.3. The average Bonchev–Trinajstić information content (AvgIpc) is 2.81. The molecule has 1 N–H and O–H groups in total. The van der Waals surface area contributed by atoms with Crippen LogP contribution in [-0.2, 0) is 27.4 Å². The van der Waals surface area contributed by atoms with Crippen LogP contribution in [-0.4, -0.2) is 35.5 Å². The van der Waals surface area contributed by atoms with Crippen LogP contribution >= 0.6 is 11.8 Å². The fraction of sp³-hybridized carbons (Fsp3) is 0.280. The number of aliphatic hydroxyl groups excluding tert-OH is 1. The van der Waals surface area contributed by atoms with Crippen LogP contribution in [0.2, 0.25) is 0 Å². The van der Waals surface area contributed by atoms with Crippen LogP contribution in [0.15, 0.2) is 95.9 Å². The van der Waals surface area contributed by atoms with E-state index < -0.39 is 17.6 Å². The number of aliphatic hydroxyl groups is 1. The maximum atomic E-state index is 11.1. The van der Waals surface area contributed by atoms with Gasteiger partial charge in [-0.15, -0.1) is 0 Å². The number of ether oxygens (including phenoxy) is 3. The van der Waals surface area contributed by atoms with Crippen molar-refractivity contribution in [3.8, 4) is 0 Å². The summed E-state index contributed by atoms with van der Waals surface area (Å²) in [5, 5.41) is 11.1. The van der Waals surface area contributed by atoms with E-state index in [2.05, 4.69) is 0 Å². The van der Waals surface area contributed by atoms with Gasteiger partial charge in [0.15, 0.2) is 0 Å². The van der Waals surface area contributed by atoms with E-state index in [9.17, 15) is 5.11 Å². The van der Waals surface area contributed by atoms with Gasteiger partial charge in [0, 0.05) is 4.90 Å². The summed E-state index contributed by atoms with van der Waals surface area (Å²) in [7, 11) is 0. The summed E-state index contributed by atoms with van der Waals surface area (Å²) in [5.41, 5.74) is 1.73. The molecule has 3 aromatic carbocycles. The summed E-state index contributed by atoms with van der Waals surface area (Å²) >= 11 is 1.51. The smallest absolute Gasteiger partial charge is 0.136 e. The largest absolute Gasteiger partial charge is 0.387 e. The zero-order valence-electron chi connectivity index (χ0n) is 16.7. The van der Waals surface area contributed by atoms with Gasteiger partial charge in [-0.3, -0.25) is 0 Å². The van der Waals surface area contributed by atoms with E-state index in [-0.39, 0.29) is 6.10 Å². The molecule has 0 aliphatic carbocycles. The van der Waals surface area contributed by atoms with Crippen LogP contribution in [0.25, 0.3) is 0 Å². The van der Waals surface area contributed by atoms with Gasteiger partial charge in [-0.05, 0) is 23.3 Å². The van der Waals surface area contributed by atoms with Crippen LogP contribution in [0, 0.1) is 0 Å². The Labute approximate surface area is 181 Å². The van der Waals surface area contributed by atoms with E-state index in [1.54, 1.807) is 0 Å². The zero-order valence-corrected chi connectivity index (χ0v) is 17.5. The molecule has 1 aliphatic heterocycles. The lowest BCUT2D eigenvalue weighted by Gasteiger charge is -2.39. The molecule has 1 unspecified atom stereocenters. The minimum atomic E-state index is -0.812. The van der Waals surface area contributed by atoms with Gasteiger partial charge in [-0.2, -0.15) is 0 Å². The molecule has 0 radical (unpaired) electrons. The Kier molecular flexibility index (Phi) is 7.56. The molecule has 4 atom stereocenters. The molecule has 3 aromatic rings. The Hall–Kier alpha value is -2.15. The quantitative estimate of drug-likeness (QED) is 0.572. The van der Waals surface area contributed by atoms with Gasteiger partial charge in [-0.1, -0.05) is 90.6 Å². The summed E-state index contributed by atoms with van der Waals surface area (Å²) in [6.07, 6.45) is -1.64. The predicted molar refractivity (Wildman–Crippen MR) is 118 cm³/mol. The molecular formula is C25H26O4S. The molecule has 0 aromatic heterocycles. The normalized spacial score (nSPS) is 23.9. The van der Waals surface area contributed by atoms with Gasteiger partial charge in [0.1, 0.15) is 23.7 Å². The van der Waals surface area contributed by atoms with Gasteiger partial charge < -0.3 is 19.3 Å². The fourth-order valence-electron chi connectivity index (χ4n) is 3.39. The lowest BCUT2D eigenvalue weighted by molar-refractivity contribution is -0.204. The lowest BCUT2D eigenvalue weighted by atomic mass is 10.1. The second-order valence-electron chi connectivity index (χ2n) is 7.22. The molecule has 1 aliphatic rings. The fourth-order valence-corrected chi connectivity index (χ4v) is 4.41. The Morgan fingerprint density at radius 2 is 1.30 bits per heavy atom. The summed E-state index contributed by atoms with van der Waals surface area (Å²) in [5.74, 6) is 0. The number of thioether (sulfide) groups is 1. The van der Waals surface area contributed by atoms with Crippen molar-refractivity contribution in [2.45, 2.75) is 41.9 Å². The SMILES string of the molecule is OC1[C@H](Sc2ccccc2)OC[C@@H](OCc2ccccc2)[C@H]1OCc1ccccc1. The van der Waals surface area contributed by atoms with Gasteiger partial charge in [-0.25, -0.2) is 0 Å². The van der Waals surface area contributed by atoms with E-state index in [0.29, 0.717) is 19.8 Å². The van der Waals surface area contributed by atoms with Crippen LogP contribution in [0.1, 0.15) is 11.1 Å². The van der Waals surface area contributed by atoms with Crippen molar-refractivity contribution >= 4 is 11.8 Å². The lowest BCUT2D eigenvalue weighted by Crippen LogP contribution is -2.53. The molecule has 0 spiro atoms. The zero-order chi connectivity index (χ0) is 20.6. The van der Waals surface area contributed by atoms with Crippen LogP contribution in [0.5, 0.6) is 0 Å². The van der Waals surface area contributed by atoms with Crippen molar-refractivity contribution in [3.05, 3.63) is 102 Å². The van der Waals surface area contributed by atoms with Crippen molar-refractivity contribution in [3.63, 3.8) is 0 Å². The molecule has 1 heterocycles. The molecule has 0 saturated carbocycles. The Bertz CT molecular complexity index is 873. The Balaban J connectivity index is 1.44. The summed E-state index contributed by atoms with van der Waals surface area (Å²) in [4.78, 5) is 1.05. The van der Waals surface area contributed by atoms with Gasteiger partial charge in [0.05, 0.1) is 19.8 Å². The van der Waals surface area contributed by atoms with E-state index in [0.717, 1.165) is 16.0 Å². The topological polar surface area (TPSA) is 47.9 Å². The summed E-state index contributed by atoms with van der Waals surface area (Å²) in [6, 6.07) is 29.9. The van der Waals surface area contributed by atoms with Crippen molar-refractivity contribution in [2.75, 3.05) is 6.61 Å². The molecule has 1 fully saturated rings. The summed E-state index contributed by atoms with van der Waals surface area (Å²) in [6.45, 7) is 1.23. The second kappa shape index (κ2) is 10.8. The number of benzene rings is 3. The molecule has 30 heavy (non-hydrogen) atoms. The first-order chi connectivity index (χ1) is 14.8. The van der Waals surface area contributed by atoms with Crippen molar-refractivity contribution in [2.24, 2.45) is 0 Å². The van der Waals surface area contributed by atoms with Crippen LogP contribution < -0.4 is 0 Å². The molecule has 4 nitrogen and oxygen atoms in total. The van der Waals surface area contributed by atoms with E-state index in [1.165, 1.54) is 11.8 Å². The standard InChI is InChI=1S/C25H26O4S/c26-23-24(28-17-20-12-6-2-7-13-20)22(27-16-19-10-4-1-5-11-19)18-29-25(23)30-21-14-8-3-9-15-21/h1-15,22-26H,16-18H2/t22-,23?,24-,25+/m1/s1. The molecular weight excluding hydrogens is 396 g/mol.